The van der Waals surface area contributed by atoms with Gasteiger partial charge in [0.25, 0.3) is 0 Å². The highest BCUT2D eigenvalue weighted by molar-refractivity contribution is 7.89. The molecule has 178 valence electrons. The predicted octanol–water partition coefficient (Wildman–Crippen LogP) is 6.08. The van der Waals surface area contributed by atoms with E-state index in [-0.39, 0.29) is 5.78 Å². The first-order valence-corrected chi connectivity index (χ1v) is 13.2. The van der Waals surface area contributed by atoms with E-state index in [1.807, 2.05) is 36.4 Å². The molecule has 0 spiro atoms. The van der Waals surface area contributed by atoms with Crippen LogP contribution in [0, 0.1) is 5.92 Å². The van der Waals surface area contributed by atoms with Crippen LogP contribution in [0.3, 0.4) is 0 Å². The molecule has 0 atom stereocenters. The van der Waals surface area contributed by atoms with E-state index in [0.29, 0.717) is 46.7 Å². The van der Waals surface area contributed by atoms with E-state index in [2.05, 4.69) is 0 Å². The average Bonchev–Trinajstić information content (AvgIpc) is 2.88. The standard InChI is InChI=1S/C27H28ClNO4S/c1-33-27-19-23(11-12-25(27)28)26(30)13-10-20-14-16-29(17-15-20)34(31,32)24-9-5-8-22(18-24)21-6-3-2-4-7-21/h2-9,11-12,18-20H,10,13-17H2,1H3. The molecule has 1 heterocycles. The van der Waals surface area contributed by atoms with Crippen molar-refractivity contribution in [2.45, 2.75) is 30.6 Å². The minimum atomic E-state index is -3.56. The van der Waals surface area contributed by atoms with Crippen LogP contribution in [0.4, 0.5) is 0 Å². The van der Waals surface area contributed by atoms with E-state index in [0.717, 1.165) is 30.4 Å². The first-order chi connectivity index (χ1) is 16.4. The topological polar surface area (TPSA) is 63.7 Å². The maximum absolute atomic E-state index is 13.3. The summed E-state index contributed by atoms with van der Waals surface area (Å²) in [6.07, 6.45) is 2.64. The fourth-order valence-electron chi connectivity index (χ4n) is 4.37. The van der Waals surface area contributed by atoms with Crippen molar-refractivity contribution in [3.63, 3.8) is 0 Å². The summed E-state index contributed by atoms with van der Waals surface area (Å²) >= 11 is 6.04. The van der Waals surface area contributed by atoms with Crippen molar-refractivity contribution in [2.75, 3.05) is 20.2 Å². The lowest BCUT2D eigenvalue weighted by Gasteiger charge is -2.31. The number of benzene rings is 3. The molecule has 3 aromatic carbocycles. The predicted molar refractivity (Wildman–Crippen MR) is 135 cm³/mol. The molecule has 0 aliphatic carbocycles. The molecule has 3 aromatic rings. The Labute approximate surface area is 206 Å². The first kappa shape index (κ1) is 24.5. The van der Waals surface area contributed by atoms with E-state index >= 15 is 0 Å². The molecule has 0 bridgehead atoms. The van der Waals surface area contributed by atoms with E-state index in [4.69, 9.17) is 16.3 Å². The minimum Gasteiger partial charge on any atom is -0.495 e. The lowest BCUT2D eigenvalue weighted by Crippen LogP contribution is -2.38. The van der Waals surface area contributed by atoms with E-state index in [9.17, 15) is 13.2 Å². The summed E-state index contributed by atoms with van der Waals surface area (Å²) < 4.78 is 33.3. The number of ether oxygens (including phenoxy) is 1. The molecule has 0 aromatic heterocycles. The second-order valence-electron chi connectivity index (χ2n) is 8.55. The van der Waals surface area contributed by atoms with Gasteiger partial charge in [-0.1, -0.05) is 54.1 Å². The van der Waals surface area contributed by atoms with Gasteiger partial charge in [0.05, 0.1) is 17.0 Å². The molecular formula is C27H28ClNO4S. The number of rotatable bonds is 8. The average molecular weight is 498 g/mol. The van der Waals surface area contributed by atoms with Gasteiger partial charge in [-0.25, -0.2) is 8.42 Å². The van der Waals surface area contributed by atoms with Crippen LogP contribution in [-0.4, -0.2) is 38.7 Å². The van der Waals surface area contributed by atoms with Crippen LogP contribution in [-0.2, 0) is 10.0 Å². The van der Waals surface area contributed by atoms with Gasteiger partial charge in [-0.3, -0.25) is 4.79 Å². The van der Waals surface area contributed by atoms with Gasteiger partial charge in [0.1, 0.15) is 5.75 Å². The van der Waals surface area contributed by atoms with Crippen molar-refractivity contribution in [2.24, 2.45) is 5.92 Å². The first-order valence-electron chi connectivity index (χ1n) is 11.4. The smallest absolute Gasteiger partial charge is 0.243 e. The Morgan fingerprint density at radius 2 is 1.68 bits per heavy atom. The second kappa shape index (κ2) is 10.7. The number of halogens is 1. The molecule has 1 saturated heterocycles. The number of nitrogens with zero attached hydrogens (tertiary/aromatic N) is 1. The largest absolute Gasteiger partial charge is 0.495 e. The van der Waals surface area contributed by atoms with Crippen molar-refractivity contribution in [1.29, 1.82) is 0 Å². The third-order valence-corrected chi connectivity index (χ3v) is 8.61. The van der Waals surface area contributed by atoms with Gasteiger partial charge in [0.2, 0.25) is 10.0 Å². The summed E-state index contributed by atoms with van der Waals surface area (Å²) in [5, 5.41) is 0.474. The molecule has 1 aliphatic rings. The van der Waals surface area contributed by atoms with Gasteiger partial charge < -0.3 is 4.74 Å². The summed E-state index contributed by atoms with van der Waals surface area (Å²) in [4.78, 5) is 12.9. The number of methoxy groups -OCH3 is 1. The van der Waals surface area contributed by atoms with Crippen LogP contribution in [0.15, 0.2) is 77.7 Å². The zero-order chi connectivity index (χ0) is 24.1. The summed E-state index contributed by atoms with van der Waals surface area (Å²) in [6.45, 7) is 0.928. The van der Waals surface area contributed by atoms with Gasteiger partial charge in [0, 0.05) is 25.1 Å². The van der Waals surface area contributed by atoms with Crippen molar-refractivity contribution in [3.05, 3.63) is 83.4 Å². The summed E-state index contributed by atoms with van der Waals surface area (Å²) in [6, 6.07) is 21.9. The number of piperidine rings is 1. The maximum atomic E-state index is 13.3. The summed E-state index contributed by atoms with van der Waals surface area (Å²) in [5.41, 5.74) is 2.45. The Bertz CT molecular complexity index is 1250. The molecule has 0 saturated carbocycles. The van der Waals surface area contributed by atoms with Gasteiger partial charge in [-0.2, -0.15) is 4.31 Å². The van der Waals surface area contributed by atoms with Crippen LogP contribution >= 0.6 is 11.6 Å². The molecule has 34 heavy (non-hydrogen) atoms. The van der Waals surface area contributed by atoms with E-state index in [1.165, 1.54) is 7.11 Å². The zero-order valence-electron chi connectivity index (χ0n) is 19.1. The highest BCUT2D eigenvalue weighted by Gasteiger charge is 2.29. The summed E-state index contributed by atoms with van der Waals surface area (Å²) in [7, 11) is -2.04. The number of ketones is 1. The number of carbonyl (C=O) groups excluding carboxylic acids is 1. The fraction of sp³-hybridized carbons (Fsp3) is 0.296. The number of Topliss-reactive ketones (excluding diaryl/α,β-unsaturated/α-hetero) is 1. The minimum absolute atomic E-state index is 0.0442. The Morgan fingerprint density at radius 1 is 0.971 bits per heavy atom. The third kappa shape index (κ3) is 5.52. The van der Waals surface area contributed by atoms with Gasteiger partial charge in [-0.05, 0) is 66.6 Å². The lowest BCUT2D eigenvalue weighted by molar-refractivity contribution is 0.0967. The van der Waals surface area contributed by atoms with Crippen LogP contribution < -0.4 is 4.74 Å². The molecule has 0 amide bonds. The van der Waals surface area contributed by atoms with Crippen molar-refractivity contribution < 1.29 is 17.9 Å². The van der Waals surface area contributed by atoms with Gasteiger partial charge >= 0.3 is 0 Å². The van der Waals surface area contributed by atoms with E-state index in [1.54, 1.807) is 40.7 Å². The van der Waals surface area contributed by atoms with Gasteiger partial charge in [-0.15, -0.1) is 0 Å². The molecular weight excluding hydrogens is 470 g/mol. The number of sulfonamides is 1. The highest BCUT2D eigenvalue weighted by atomic mass is 35.5. The molecule has 7 heteroatoms. The molecule has 0 N–H and O–H groups in total. The SMILES string of the molecule is COc1cc(C(=O)CCC2CCN(S(=O)(=O)c3cccc(-c4ccccc4)c3)CC2)ccc1Cl. The zero-order valence-corrected chi connectivity index (χ0v) is 20.7. The van der Waals surface area contributed by atoms with Gasteiger partial charge in [0.15, 0.2) is 5.78 Å². The fourth-order valence-corrected chi connectivity index (χ4v) is 6.08. The molecule has 4 rings (SSSR count). The Balaban J connectivity index is 1.35. The quantitative estimate of drug-likeness (QED) is 0.354. The Hall–Kier alpha value is -2.67. The van der Waals surface area contributed by atoms with Crippen LogP contribution in [0.2, 0.25) is 5.02 Å². The van der Waals surface area contributed by atoms with Crippen molar-refractivity contribution in [1.82, 2.24) is 4.31 Å². The molecule has 0 radical (unpaired) electrons. The normalized spacial score (nSPS) is 15.2. The van der Waals surface area contributed by atoms with Crippen LogP contribution in [0.5, 0.6) is 5.75 Å². The number of carbonyl (C=O) groups is 1. The molecule has 1 fully saturated rings. The molecule has 0 unspecified atom stereocenters. The monoisotopic (exact) mass is 497 g/mol. The van der Waals surface area contributed by atoms with Crippen molar-refractivity contribution in [3.8, 4) is 16.9 Å². The third-order valence-electron chi connectivity index (χ3n) is 6.41. The number of hydrogen-bond acceptors (Lipinski definition) is 4. The lowest BCUT2D eigenvalue weighted by atomic mass is 9.91. The molecule has 5 nitrogen and oxygen atoms in total. The second-order valence-corrected chi connectivity index (χ2v) is 10.9. The maximum Gasteiger partial charge on any atom is 0.243 e. The Kier molecular flexibility index (Phi) is 7.71. The Morgan fingerprint density at radius 3 is 2.38 bits per heavy atom. The summed E-state index contributed by atoms with van der Waals surface area (Å²) in [5.74, 6) is 0.852. The van der Waals surface area contributed by atoms with Crippen molar-refractivity contribution >= 4 is 27.4 Å². The van der Waals surface area contributed by atoms with Crippen LogP contribution in [0.1, 0.15) is 36.0 Å². The number of hydrogen-bond donors (Lipinski definition) is 0. The van der Waals surface area contributed by atoms with Crippen LogP contribution in [0.25, 0.3) is 11.1 Å². The highest BCUT2D eigenvalue weighted by Crippen LogP contribution is 2.30. The molecule has 1 aliphatic heterocycles. The van der Waals surface area contributed by atoms with E-state index < -0.39 is 10.0 Å².